The van der Waals surface area contributed by atoms with Gasteiger partial charge in [-0.1, -0.05) is 13.8 Å². The lowest BCUT2D eigenvalue weighted by molar-refractivity contribution is 0.472. The van der Waals surface area contributed by atoms with Gasteiger partial charge in [-0.05, 0) is 19.2 Å². The van der Waals surface area contributed by atoms with E-state index < -0.39 is 0 Å². The lowest BCUT2D eigenvalue weighted by Crippen LogP contribution is -2.29. The molecule has 0 amide bonds. The zero-order valence-electron chi connectivity index (χ0n) is 10.4. The summed E-state index contributed by atoms with van der Waals surface area (Å²) in [6.07, 6.45) is 7.40. The molecule has 0 radical (unpaired) electrons. The highest BCUT2D eigenvalue weighted by atomic mass is 32.2. The van der Waals surface area contributed by atoms with Gasteiger partial charge < -0.3 is 9.88 Å². The maximum atomic E-state index is 4.33. The van der Waals surface area contributed by atoms with Gasteiger partial charge in [-0.25, -0.2) is 4.98 Å². The maximum absolute atomic E-state index is 4.33. The largest absolute Gasteiger partial charge is 0.333 e. The zero-order chi connectivity index (χ0) is 11.6. The molecular formula is C12H21N3S. The quantitative estimate of drug-likeness (QED) is 0.870. The molecule has 3 nitrogen and oxygen atoms in total. The molecule has 2 rings (SSSR count). The first-order valence-corrected chi connectivity index (χ1v) is 7.18. The lowest BCUT2D eigenvalue weighted by atomic mass is 9.86. The van der Waals surface area contributed by atoms with Crippen LogP contribution in [0.1, 0.15) is 26.0 Å². The topological polar surface area (TPSA) is 29.9 Å². The fourth-order valence-corrected chi connectivity index (χ4v) is 2.67. The summed E-state index contributed by atoms with van der Waals surface area (Å²) in [6, 6.07) is 0. The Morgan fingerprint density at radius 2 is 2.50 bits per heavy atom. The molecular weight excluding hydrogens is 218 g/mol. The SMILES string of the molecule is CSC(C)Cn1cncc1C1(C)CCNC1. The van der Waals surface area contributed by atoms with Crippen molar-refractivity contribution in [2.75, 3.05) is 19.3 Å². The molecule has 1 aromatic heterocycles. The van der Waals surface area contributed by atoms with Crippen molar-refractivity contribution in [1.82, 2.24) is 14.9 Å². The summed E-state index contributed by atoms with van der Waals surface area (Å²) in [5, 5.41) is 4.09. The van der Waals surface area contributed by atoms with Crippen LogP contribution in [0, 0.1) is 0 Å². The van der Waals surface area contributed by atoms with E-state index in [4.69, 9.17) is 0 Å². The number of aromatic nitrogens is 2. The molecule has 0 aromatic carbocycles. The number of imidazole rings is 1. The normalized spacial score (nSPS) is 27.2. The Labute approximate surface area is 102 Å². The van der Waals surface area contributed by atoms with E-state index in [0.717, 1.165) is 19.6 Å². The van der Waals surface area contributed by atoms with Gasteiger partial charge in [0.1, 0.15) is 0 Å². The second-order valence-electron chi connectivity index (χ2n) is 4.96. The average Bonchev–Trinajstić information content (AvgIpc) is 2.87. The molecule has 1 aromatic rings. The van der Waals surface area contributed by atoms with E-state index in [1.54, 1.807) is 0 Å². The fourth-order valence-electron chi connectivity index (χ4n) is 2.36. The van der Waals surface area contributed by atoms with E-state index in [1.165, 1.54) is 12.1 Å². The predicted octanol–water partition coefficient (Wildman–Crippen LogP) is 1.89. The molecule has 2 atom stereocenters. The van der Waals surface area contributed by atoms with Gasteiger partial charge in [0.2, 0.25) is 0 Å². The lowest BCUT2D eigenvalue weighted by Gasteiger charge is -2.25. The standard InChI is InChI=1S/C12H21N3S/c1-10(16-3)7-15-9-14-6-11(15)12(2)4-5-13-8-12/h6,9-10,13H,4-5,7-8H2,1-3H3. The number of thioether (sulfide) groups is 1. The van der Waals surface area contributed by atoms with Gasteiger partial charge in [-0.15, -0.1) is 0 Å². The number of nitrogens with zero attached hydrogens (tertiary/aromatic N) is 2. The van der Waals surface area contributed by atoms with E-state index in [0.29, 0.717) is 5.25 Å². The van der Waals surface area contributed by atoms with Crippen molar-refractivity contribution < 1.29 is 0 Å². The van der Waals surface area contributed by atoms with Crippen molar-refractivity contribution in [3.8, 4) is 0 Å². The molecule has 2 unspecified atom stereocenters. The van der Waals surface area contributed by atoms with Crippen molar-refractivity contribution in [3.05, 3.63) is 18.2 Å². The second-order valence-corrected chi connectivity index (χ2v) is 6.24. The predicted molar refractivity (Wildman–Crippen MR) is 70.0 cm³/mol. The average molecular weight is 239 g/mol. The number of hydrogen-bond donors (Lipinski definition) is 1. The van der Waals surface area contributed by atoms with Gasteiger partial charge in [0.05, 0.1) is 6.33 Å². The van der Waals surface area contributed by atoms with Crippen molar-refractivity contribution in [2.45, 2.75) is 37.5 Å². The van der Waals surface area contributed by atoms with Gasteiger partial charge in [-0.3, -0.25) is 0 Å². The van der Waals surface area contributed by atoms with Crippen LogP contribution in [-0.2, 0) is 12.0 Å². The van der Waals surface area contributed by atoms with Crippen LogP contribution in [0.15, 0.2) is 12.5 Å². The summed E-state index contributed by atoms with van der Waals surface area (Å²) in [5.74, 6) is 0. The monoisotopic (exact) mass is 239 g/mol. The van der Waals surface area contributed by atoms with E-state index >= 15 is 0 Å². The van der Waals surface area contributed by atoms with E-state index in [2.05, 4.69) is 35.0 Å². The summed E-state index contributed by atoms with van der Waals surface area (Å²) >= 11 is 1.91. The molecule has 0 bridgehead atoms. The van der Waals surface area contributed by atoms with Gasteiger partial charge >= 0.3 is 0 Å². The van der Waals surface area contributed by atoms with Gasteiger partial charge in [-0.2, -0.15) is 11.8 Å². The Bertz CT molecular complexity index is 342. The molecule has 1 saturated heterocycles. The molecule has 0 saturated carbocycles. The molecule has 0 spiro atoms. The van der Waals surface area contributed by atoms with Gasteiger partial charge in [0.15, 0.2) is 0 Å². The van der Waals surface area contributed by atoms with Crippen molar-refractivity contribution >= 4 is 11.8 Å². The highest BCUT2D eigenvalue weighted by Crippen LogP contribution is 2.30. The third kappa shape index (κ3) is 2.28. The van der Waals surface area contributed by atoms with Crippen LogP contribution in [0.2, 0.25) is 0 Å². The Hall–Kier alpha value is -0.480. The van der Waals surface area contributed by atoms with Crippen LogP contribution in [0.5, 0.6) is 0 Å². The summed E-state index contributed by atoms with van der Waals surface area (Å²) in [6.45, 7) is 7.87. The number of nitrogens with one attached hydrogen (secondary N) is 1. The number of rotatable bonds is 4. The molecule has 16 heavy (non-hydrogen) atoms. The first-order chi connectivity index (χ1) is 7.65. The first kappa shape index (κ1) is 12.0. The van der Waals surface area contributed by atoms with E-state index in [1.807, 2.05) is 24.3 Å². The molecule has 1 aliphatic heterocycles. The molecule has 1 N–H and O–H groups in total. The van der Waals surface area contributed by atoms with Crippen LogP contribution < -0.4 is 5.32 Å². The Morgan fingerprint density at radius 3 is 3.12 bits per heavy atom. The third-order valence-corrected chi connectivity index (χ3v) is 4.51. The first-order valence-electron chi connectivity index (χ1n) is 5.90. The minimum Gasteiger partial charge on any atom is -0.333 e. The Balaban J connectivity index is 2.18. The van der Waals surface area contributed by atoms with Crippen molar-refractivity contribution in [1.29, 1.82) is 0 Å². The molecule has 4 heteroatoms. The van der Waals surface area contributed by atoms with E-state index in [-0.39, 0.29) is 5.41 Å². The third-order valence-electron chi connectivity index (χ3n) is 3.56. The highest BCUT2D eigenvalue weighted by Gasteiger charge is 2.33. The summed E-state index contributed by atoms with van der Waals surface area (Å²) in [4.78, 5) is 4.33. The Kier molecular flexibility index (Phi) is 3.60. The minimum absolute atomic E-state index is 0.272. The molecule has 0 aliphatic carbocycles. The van der Waals surface area contributed by atoms with E-state index in [9.17, 15) is 0 Å². The van der Waals surface area contributed by atoms with Crippen molar-refractivity contribution in [3.63, 3.8) is 0 Å². The van der Waals surface area contributed by atoms with Crippen LogP contribution in [0.4, 0.5) is 0 Å². The molecule has 1 fully saturated rings. The van der Waals surface area contributed by atoms with Gasteiger partial charge in [0.25, 0.3) is 0 Å². The minimum atomic E-state index is 0.272. The number of hydrogen-bond acceptors (Lipinski definition) is 3. The summed E-state index contributed by atoms with van der Waals surface area (Å²) in [5.41, 5.74) is 1.66. The van der Waals surface area contributed by atoms with Crippen LogP contribution in [0.25, 0.3) is 0 Å². The smallest absolute Gasteiger partial charge is 0.0948 e. The fraction of sp³-hybridized carbons (Fsp3) is 0.750. The van der Waals surface area contributed by atoms with Crippen LogP contribution >= 0.6 is 11.8 Å². The summed E-state index contributed by atoms with van der Waals surface area (Å²) < 4.78 is 2.33. The molecule has 1 aliphatic rings. The van der Waals surface area contributed by atoms with Crippen LogP contribution in [0.3, 0.4) is 0 Å². The molecule has 2 heterocycles. The molecule has 90 valence electrons. The zero-order valence-corrected chi connectivity index (χ0v) is 11.2. The summed E-state index contributed by atoms with van der Waals surface area (Å²) in [7, 11) is 0. The second kappa shape index (κ2) is 4.80. The highest BCUT2D eigenvalue weighted by molar-refractivity contribution is 7.99. The Morgan fingerprint density at radius 1 is 1.69 bits per heavy atom. The van der Waals surface area contributed by atoms with Crippen LogP contribution in [-0.4, -0.2) is 34.1 Å². The van der Waals surface area contributed by atoms with Crippen molar-refractivity contribution in [2.24, 2.45) is 0 Å². The maximum Gasteiger partial charge on any atom is 0.0948 e. The van der Waals surface area contributed by atoms with Gasteiger partial charge in [0, 0.05) is 35.6 Å².